The fourth-order valence-corrected chi connectivity index (χ4v) is 4.11. The smallest absolute Gasteiger partial charge is 0.312 e. The Labute approximate surface area is 175 Å². The molecule has 0 aliphatic carbocycles. The van der Waals surface area contributed by atoms with E-state index in [4.69, 9.17) is 9.29 Å². The summed E-state index contributed by atoms with van der Waals surface area (Å²) in [6.07, 6.45) is -7.67. The molecule has 11 heteroatoms. The highest BCUT2D eigenvalue weighted by atomic mass is 32.2. The second-order valence-corrected chi connectivity index (χ2v) is 8.55. The van der Waals surface area contributed by atoms with Gasteiger partial charge in [0.2, 0.25) is 11.4 Å². The average Bonchev–Trinajstić information content (AvgIpc) is 2.93. The average molecular weight is 456 g/mol. The lowest BCUT2D eigenvalue weighted by Gasteiger charge is -2.33. The molecule has 1 aliphatic heterocycles. The lowest BCUT2D eigenvalue weighted by atomic mass is 9.79. The van der Waals surface area contributed by atoms with Gasteiger partial charge in [0.25, 0.3) is 10.1 Å². The molecular formula is C20H18F2O8S. The predicted octanol–water partition coefficient (Wildman–Crippen LogP) is 1.13. The summed E-state index contributed by atoms with van der Waals surface area (Å²) in [7, 11) is -5.03. The molecule has 0 radical (unpaired) electrons. The first-order chi connectivity index (χ1) is 14.4. The summed E-state index contributed by atoms with van der Waals surface area (Å²) >= 11 is 0. The fraction of sp³-hybridized carbons (Fsp3) is 0.300. The van der Waals surface area contributed by atoms with Crippen LogP contribution in [0.3, 0.4) is 0 Å². The van der Waals surface area contributed by atoms with Gasteiger partial charge in [0.1, 0.15) is 24.1 Å². The van der Waals surface area contributed by atoms with Crippen LogP contribution in [0.1, 0.15) is 20.7 Å². The molecule has 0 aromatic heterocycles. The van der Waals surface area contributed by atoms with E-state index in [1.807, 2.05) is 0 Å². The van der Waals surface area contributed by atoms with E-state index in [0.29, 0.717) is 0 Å². The SMILES string of the molecule is O=C(c1ccccc1)C(O)[C@H]1O[C@@H](CS(=O)(=O)O)C(F)(F)[C@@]1(O)C(=O)c1ccccc1. The minimum Gasteiger partial charge on any atom is -0.382 e. The van der Waals surface area contributed by atoms with Crippen molar-refractivity contribution in [3.05, 3.63) is 71.8 Å². The summed E-state index contributed by atoms with van der Waals surface area (Å²) in [4.78, 5) is 25.5. The Morgan fingerprint density at radius 3 is 1.97 bits per heavy atom. The molecule has 0 saturated carbocycles. The summed E-state index contributed by atoms with van der Waals surface area (Å²) in [5.74, 6) is -8.97. The minimum atomic E-state index is -5.03. The normalized spacial score (nSPS) is 26.4. The number of hydrogen-bond acceptors (Lipinski definition) is 7. The fourth-order valence-electron chi connectivity index (χ4n) is 3.43. The summed E-state index contributed by atoms with van der Waals surface area (Å²) in [6, 6.07) is 13.4. The van der Waals surface area contributed by atoms with Gasteiger partial charge in [0.15, 0.2) is 5.78 Å². The maximum absolute atomic E-state index is 15.2. The van der Waals surface area contributed by atoms with Crippen molar-refractivity contribution in [3.8, 4) is 0 Å². The maximum Gasteiger partial charge on any atom is 0.312 e. The van der Waals surface area contributed by atoms with Gasteiger partial charge in [-0.05, 0) is 0 Å². The molecule has 0 bridgehead atoms. The first kappa shape index (κ1) is 23.1. The number of carbonyl (C=O) groups excluding carboxylic acids is 2. The number of hydrogen-bond donors (Lipinski definition) is 3. The van der Waals surface area contributed by atoms with E-state index < -0.39 is 57.3 Å². The number of halogens is 2. The maximum atomic E-state index is 15.2. The Morgan fingerprint density at radius 2 is 1.48 bits per heavy atom. The first-order valence-electron chi connectivity index (χ1n) is 8.97. The van der Waals surface area contributed by atoms with Crippen molar-refractivity contribution in [3.63, 3.8) is 0 Å². The highest BCUT2D eigenvalue weighted by molar-refractivity contribution is 7.85. The van der Waals surface area contributed by atoms with Crippen LogP contribution < -0.4 is 0 Å². The first-order valence-corrected chi connectivity index (χ1v) is 10.6. The molecule has 31 heavy (non-hydrogen) atoms. The van der Waals surface area contributed by atoms with Gasteiger partial charge in [-0.15, -0.1) is 0 Å². The Morgan fingerprint density at radius 1 is 1.00 bits per heavy atom. The molecule has 2 aromatic carbocycles. The minimum absolute atomic E-state index is 0.116. The standard InChI is InChI=1S/C20H18F2O8S/c21-20(22)14(11-31(27,28)29)30-18(16(24)15(23)12-7-3-1-4-8-12)19(20,26)17(25)13-9-5-2-6-10-13/h1-10,14,16,18,24,26H,11H2,(H,27,28,29)/t14-,16?,18+,19+/m0/s1. The van der Waals surface area contributed by atoms with Crippen molar-refractivity contribution in [2.45, 2.75) is 29.8 Å². The van der Waals surface area contributed by atoms with Crippen LogP contribution in [0.25, 0.3) is 0 Å². The number of Topliss-reactive ketones (excluding diaryl/α,β-unsaturated/α-hetero) is 2. The zero-order valence-corrected chi connectivity index (χ0v) is 16.6. The monoisotopic (exact) mass is 456 g/mol. The van der Waals surface area contributed by atoms with Gasteiger partial charge in [0, 0.05) is 11.1 Å². The van der Waals surface area contributed by atoms with Crippen molar-refractivity contribution in [2.24, 2.45) is 0 Å². The third kappa shape index (κ3) is 4.14. The van der Waals surface area contributed by atoms with Crippen molar-refractivity contribution in [1.29, 1.82) is 0 Å². The van der Waals surface area contributed by atoms with Gasteiger partial charge < -0.3 is 14.9 Å². The summed E-state index contributed by atoms with van der Waals surface area (Å²) < 4.78 is 66.7. The zero-order valence-electron chi connectivity index (χ0n) is 15.8. The van der Waals surface area contributed by atoms with Crippen LogP contribution in [0.4, 0.5) is 8.78 Å². The number of alkyl halides is 2. The van der Waals surface area contributed by atoms with E-state index in [9.17, 15) is 28.2 Å². The number of carbonyl (C=O) groups is 2. The number of benzene rings is 2. The Kier molecular flexibility index (Phi) is 6.09. The summed E-state index contributed by atoms with van der Waals surface area (Å²) in [5, 5.41) is 21.4. The predicted molar refractivity (Wildman–Crippen MR) is 103 cm³/mol. The molecule has 1 fully saturated rings. The molecule has 1 unspecified atom stereocenters. The van der Waals surface area contributed by atoms with Crippen LogP contribution in [-0.2, 0) is 14.9 Å². The molecule has 1 saturated heterocycles. The highest BCUT2D eigenvalue weighted by Gasteiger charge is 2.75. The molecule has 3 N–H and O–H groups in total. The molecule has 166 valence electrons. The number of ketones is 2. The zero-order chi connectivity index (χ0) is 23.0. The van der Waals surface area contributed by atoms with Gasteiger partial charge in [0.05, 0.1) is 0 Å². The molecule has 0 amide bonds. The van der Waals surface area contributed by atoms with E-state index in [1.54, 1.807) is 6.07 Å². The lowest BCUT2D eigenvalue weighted by Crippen LogP contribution is -2.63. The van der Waals surface area contributed by atoms with E-state index >= 15 is 8.78 Å². The van der Waals surface area contributed by atoms with Gasteiger partial charge in [-0.25, -0.2) is 0 Å². The van der Waals surface area contributed by atoms with Crippen molar-refractivity contribution in [1.82, 2.24) is 0 Å². The summed E-state index contributed by atoms with van der Waals surface area (Å²) in [5.41, 5.74) is -4.30. The van der Waals surface area contributed by atoms with Crippen molar-refractivity contribution in [2.75, 3.05) is 5.75 Å². The Balaban J connectivity index is 2.09. The van der Waals surface area contributed by atoms with Gasteiger partial charge in [-0.3, -0.25) is 14.1 Å². The molecule has 1 aliphatic rings. The van der Waals surface area contributed by atoms with Crippen LogP contribution in [0, 0.1) is 0 Å². The van der Waals surface area contributed by atoms with E-state index in [2.05, 4.69) is 0 Å². The topological polar surface area (TPSA) is 138 Å². The Hall–Kier alpha value is -2.57. The molecule has 1 heterocycles. The van der Waals surface area contributed by atoms with Gasteiger partial charge >= 0.3 is 5.92 Å². The summed E-state index contributed by atoms with van der Waals surface area (Å²) in [6.45, 7) is 0. The number of aliphatic hydroxyl groups is 2. The molecule has 4 atom stereocenters. The quantitative estimate of drug-likeness (QED) is 0.417. The van der Waals surface area contributed by atoms with Crippen LogP contribution in [0.15, 0.2) is 60.7 Å². The third-order valence-corrected chi connectivity index (χ3v) is 5.72. The molecule has 8 nitrogen and oxygen atoms in total. The molecule has 2 aromatic rings. The second-order valence-electron chi connectivity index (χ2n) is 7.05. The van der Waals surface area contributed by atoms with E-state index in [0.717, 1.165) is 12.1 Å². The lowest BCUT2D eigenvalue weighted by molar-refractivity contribution is -0.148. The molecular weight excluding hydrogens is 438 g/mol. The Bertz CT molecular complexity index is 1070. The van der Waals surface area contributed by atoms with Crippen LogP contribution in [-0.4, -0.2) is 70.3 Å². The van der Waals surface area contributed by atoms with Gasteiger partial charge in [-0.2, -0.15) is 17.2 Å². The van der Waals surface area contributed by atoms with Crippen molar-refractivity contribution >= 4 is 21.7 Å². The highest BCUT2D eigenvalue weighted by Crippen LogP contribution is 2.48. The van der Waals surface area contributed by atoms with Crippen LogP contribution in [0.5, 0.6) is 0 Å². The number of aliphatic hydroxyl groups excluding tert-OH is 1. The number of rotatable bonds is 7. The van der Waals surface area contributed by atoms with Crippen molar-refractivity contribution < 1.29 is 46.3 Å². The van der Waals surface area contributed by atoms with Crippen LogP contribution in [0.2, 0.25) is 0 Å². The van der Waals surface area contributed by atoms with Crippen LogP contribution >= 0.6 is 0 Å². The second kappa shape index (κ2) is 8.17. The molecule has 0 spiro atoms. The van der Waals surface area contributed by atoms with E-state index in [-0.39, 0.29) is 11.1 Å². The number of ether oxygens (including phenoxy) is 1. The largest absolute Gasteiger partial charge is 0.382 e. The molecule has 3 rings (SSSR count). The third-order valence-electron chi connectivity index (χ3n) is 4.99. The van der Waals surface area contributed by atoms with Gasteiger partial charge in [-0.1, -0.05) is 60.7 Å². The van der Waals surface area contributed by atoms with E-state index in [1.165, 1.54) is 42.5 Å².